The number of aryl methyl sites for hydroxylation is 1. The minimum atomic E-state index is -0.487. The number of hydrogen-bond acceptors (Lipinski definition) is 4. The summed E-state index contributed by atoms with van der Waals surface area (Å²) in [4.78, 5) is 22.5. The number of benzene rings is 2. The van der Waals surface area contributed by atoms with E-state index in [1.54, 1.807) is 13.0 Å². The second-order valence-corrected chi connectivity index (χ2v) is 7.00. The number of amides is 1. The molecular weight excluding hydrogens is 344 g/mol. The van der Waals surface area contributed by atoms with Gasteiger partial charge in [0.05, 0.1) is 10.6 Å². The molecule has 142 valence electrons. The van der Waals surface area contributed by atoms with E-state index in [0.29, 0.717) is 17.4 Å². The molecule has 2 aromatic carbocycles. The van der Waals surface area contributed by atoms with Gasteiger partial charge in [-0.1, -0.05) is 37.5 Å². The monoisotopic (exact) mass is 368 g/mol. The van der Waals surface area contributed by atoms with E-state index in [-0.39, 0.29) is 18.2 Å². The van der Waals surface area contributed by atoms with Crippen molar-refractivity contribution < 1.29 is 14.5 Å². The first-order valence-electron chi connectivity index (χ1n) is 9.30. The number of carbonyl (C=O) groups is 1. The van der Waals surface area contributed by atoms with Gasteiger partial charge in [0.1, 0.15) is 5.75 Å². The van der Waals surface area contributed by atoms with Crippen LogP contribution in [0.2, 0.25) is 0 Å². The highest BCUT2D eigenvalue weighted by molar-refractivity contribution is 5.93. The van der Waals surface area contributed by atoms with E-state index in [2.05, 4.69) is 17.4 Å². The highest BCUT2D eigenvalue weighted by Crippen LogP contribution is 2.33. The van der Waals surface area contributed by atoms with Crippen LogP contribution in [-0.2, 0) is 4.79 Å². The molecule has 0 aliphatic heterocycles. The van der Waals surface area contributed by atoms with Crippen LogP contribution in [0.1, 0.15) is 49.1 Å². The number of nitrogens with one attached hydrogen (secondary N) is 1. The van der Waals surface area contributed by atoms with Crippen LogP contribution in [0.4, 0.5) is 11.4 Å². The Balaban J connectivity index is 1.54. The number of rotatable bonds is 6. The predicted molar refractivity (Wildman–Crippen MR) is 104 cm³/mol. The average molecular weight is 368 g/mol. The molecular formula is C21H24N2O4. The van der Waals surface area contributed by atoms with E-state index in [1.807, 2.05) is 12.1 Å². The summed E-state index contributed by atoms with van der Waals surface area (Å²) in [5.41, 5.74) is 2.45. The van der Waals surface area contributed by atoms with Gasteiger partial charge in [0, 0.05) is 12.1 Å². The SMILES string of the molecule is Cc1ccc([N+](=O)[O-])cc1NC(=O)COc1ccc(C2CCCCC2)cc1. The molecule has 1 aliphatic carbocycles. The van der Waals surface area contributed by atoms with Crippen molar-refractivity contribution in [2.75, 3.05) is 11.9 Å². The maximum absolute atomic E-state index is 12.1. The highest BCUT2D eigenvalue weighted by atomic mass is 16.6. The van der Waals surface area contributed by atoms with Crippen LogP contribution in [-0.4, -0.2) is 17.4 Å². The Morgan fingerprint density at radius 2 is 1.85 bits per heavy atom. The lowest BCUT2D eigenvalue weighted by Crippen LogP contribution is -2.20. The van der Waals surface area contributed by atoms with Crippen LogP contribution in [0.3, 0.4) is 0 Å². The van der Waals surface area contributed by atoms with Gasteiger partial charge in [-0.3, -0.25) is 14.9 Å². The third-order valence-electron chi connectivity index (χ3n) is 5.03. The van der Waals surface area contributed by atoms with E-state index in [0.717, 1.165) is 5.56 Å². The Kier molecular flexibility index (Phi) is 6.06. The summed E-state index contributed by atoms with van der Waals surface area (Å²) in [6, 6.07) is 12.3. The second kappa shape index (κ2) is 8.66. The fourth-order valence-electron chi connectivity index (χ4n) is 3.47. The second-order valence-electron chi connectivity index (χ2n) is 7.00. The van der Waals surface area contributed by atoms with Crippen molar-refractivity contribution in [2.24, 2.45) is 0 Å². The maximum atomic E-state index is 12.1. The number of anilines is 1. The molecule has 1 saturated carbocycles. The zero-order chi connectivity index (χ0) is 19.2. The smallest absolute Gasteiger partial charge is 0.271 e. The fourth-order valence-corrected chi connectivity index (χ4v) is 3.47. The molecule has 0 unspecified atom stereocenters. The van der Waals surface area contributed by atoms with Gasteiger partial charge < -0.3 is 10.1 Å². The van der Waals surface area contributed by atoms with Crippen molar-refractivity contribution in [3.8, 4) is 5.75 Å². The van der Waals surface area contributed by atoms with Crippen LogP contribution >= 0.6 is 0 Å². The van der Waals surface area contributed by atoms with Crippen molar-refractivity contribution in [1.29, 1.82) is 0 Å². The molecule has 0 aromatic heterocycles. The molecule has 1 N–H and O–H groups in total. The molecule has 3 rings (SSSR count). The standard InChI is InChI=1S/C21H24N2O4/c1-15-7-10-18(23(25)26)13-20(15)22-21(24)14-27-19-11-8-17(9-12-19)16-5-3-2-4-6-16/h7-13,16H,2-6,14H2,1H3,(H,22,24). The van der Waals surface area contributed by atoms with Gasteiger partial charge in [0.15, 0.2) is 6.61 Å². The molecule has 1 amide bonds. The Bertz CT molecular complexity index is 811. The number of nitrogens with zero attached hydrogens (tertiary/aromatic N) is 1. The Morgan fingerprint density at radius 1 is 1.15 bits per heavy atom. The summed E-state index contributed by atoms with van der Waals surface area (Å²) in [7, 11) is 0. The zero-order valence-corrected chi connectivity index (χ0v) is 15.4. The number of non-ortho nitro benzene ring substituents is 1. The molecule has 2 aromatic rings. The Labute approximate surface area is 158 Å². The van der Waals surface area contributed by atoms with Gasteiger partial charge in [-0.15, -0.1) is 0 Å². The third-order valence-corrected chi connectivity index (χ3v) is 5.03. The maximum Gasteiger partial charge on any atom is 0.271 e. The van der Waals surface area contributed by atoms with Gasteiger partial charge in [-0.25, -0.2) is 0 Å². The minimum absolute atomic E-state index is 0.0601. The summed E-state index contributed by atoms with van der Waals surface area (Å²) in [6.07, 6.45) is 6.40. The third kappa shape index (κ3) is 5.06. The van der Waals surface area contributed by atoms with Crippen molar-refractivity contribution >= 4 is 17.3 Å². The summed E-state index contributed by atoms with van der Waals surface area (Å²) in [6.45, 7) is 1.63. The van der Waals surface area contributed by atoms with Gasteiger partial charge in [-0.2, -0.15) is 0 Å². The largest absolute Gasteiger partial charge is 0.484 e. The predicted octanol–water partition coefficient (Wildman–Crippen LogP) is 4.97. The number of ether oxygens (including phenoxy) is 1. The number of nitro benzene ring substituents is 1. The summed E-state index contributed by atoms with van der Waals surface area (Å²) in [5.74, 6) is 0.920. The lowest BCUT2D eigenvalue weighted by atomic mass is 9.84. The fraction of sp³-hybridized carbons (Fsp3) is 0.381. The van der Waals surface area contributed by atoms with Crippen molar-refractivity contribution in [1.82, 2.24) is 0 Å². The molecule has 0 saturated heterocycles. The van der Waals surface area contributed by atoms with Gasteiger partial charge in [0.25, 0.3) is 11.6 Å². The summed E-state index contributed by atoms with van der Waals surface area (Å²) >= 11 is 0. The van der Waals surface area contributed by atoms with Crippen LogP contribution in [0.15, 0.2) is 42.5 Å². The number of nitro groups is 1. The van der Waals surface area contributed by atoms with Crippen molar-refractivity contribution in [3.05, 3.63) is 63.7 Å². The molecule has 6 nitrogen and oxygen atoms in total. The molecule has 27 heavy (non-hydrogen) atoms. The van der Waals surface area contributed by atoms with E-state index in [9.17, 15) is 14.9 Å². The quantitative estimate of drug-likeness (QED) is 0.576. The molecule has 0 heterocycles. The van der Waals surface area contributed by atoms with E-state index < -0.39 is 4.92 Å². The molecule has 6 heteroatoms. The summed E-state index contributed by atoms with van der Waals surface area (Å²) in [5, 5.41) is 13.5. The first-order chi connectivity index (χ1) is 13.0. The van der Waals surface area contributed by atoms with Crippen LogP contribution < -0.4 is 10.1 Å². The molecule has 0 atom stereocenters. The zero-order valence-electron chi connectivity index (χ0n) is 15.4. The first-order valence-corrected chi connectivity index (χ1v) is 9.30. The lowest BCUT2D eigenvalue weighted by Gasteiger charge is -2.22. The molecule has 1 aliphatic rings. The molecule has 0 radical (unpaired) electrons. The van der Waals surface area contributed by atoms with E-state index >= 15 is 0 Å². The van der Waals surface area contributed by atoms with Crippen molar-refractivity contribution in [2.45, 2.75) is 44.9 Å². The van der Waals surface area contributed by atoms with E-state index in [4.69, 9.17) is 4.74 Å². The van der Waals surface area contributed by atoms with Crippen LogP contribution in [0.25, 0.3) is 0 Å². The number of hydrogen-bond donors (Lipinski definition) is 1. The lowest BCUT2D eigenvalue weighted by molar-refractivity contribution is -0.384. The highest BCUT2D eigenvalue weighted by Gasteiger charge is 2.15. The summed E-state index contributed by atoms with van der Waals surface area (Å²) < 4.78 is 5.55. The topological polar surface area (TPSA) is 81.5 Å². The van der Waals surface area contributed by atoms with Gasteiger partial charge in [-0.05, 0) is 48.9 Å². The van der Waals surface area contributed by atoms with E-state index in [1.165, 1.54) is 49.8 Å². The Hall–Kier alpha value is -2.89. The van der Waals surface area contributed by atoms with Crippen LogP contribution in [0, 0.1) is 17.0 Å². The van der Waals surface area contributed by atoms with Crippen LogP contribution in [0.5, 0.6) is 5.75 Å². The normalized spacial score (nSPS) is 14.6. The Morgan fingerprint density at radius 3 is 2.52 bits per heavy atom. The molecule has 1 fully saturated rings. The van der Waals surface area contributed by atoms with Gasteiger partial charge in [0.2, 0.25) is 0 Å². The molecule has 0 bridgehead atoms. The van der Waals surface area contributed by atoms with Crippen molar-refractivity contribution in [3.63, 3.8) is 0 Å². The average Bonchev–Trinajstić information content (AvgIpc) is 2.69. The first kappa shape index (κ1) is 18.9. The number of carbonyl (C=O) groups excluding carboxylic acids is 1. The minimum Gasteiger partial charge on any atom is -0.484 e. The van der Waals surface area contributed by atoms with Gasteiger partial charge >= 0.3 is 0 Å². The molecule has 0 spiro atoms.